The molecule has 0 aromatic heterocycles. The zero-order chi connectivity index (χ0) is 8.97. The highest BCUT2D eigenvalue weighted by Crippen LogP contribution is 2.25. The van der Waals surface area contributed by atoms with Gasteiger partial charge in [0.25, 0.3) is 0 Å². The van der Waals surface area contributed by atoms with Crippen LogP contribution in [-0.4, -0.2) is 13.9 Å². The van der Waals surface area contributed by atoms with Crippen molar-refractivity contribution >= 4 is 21.6 Å². The molecule has 0 fully saturated rings. The monoisotopic (exact) mass is 231 g/mol. The predicted molar refractivity (Wildman–Crippen MR) is 51.1 cm³/mol. The third-order valence-corrected chi connectivity index (χ3v) is 1.80. The molecule has 0 heterocycles. The van der Waals surface area contributed by atoms with Gasteiger partial charge in [-0.25, -0.2) is 0 Å². The summed E-state index contributed by atoms with van der Waals surface area (Å²) in [4.78, 5) is 0. The Bertz CT molecular complexity index is 265. The van der Waals surface area contributed by atoms with Crippen molar-refractivity contribution in [2.75, 3.05) is 19.6 Å². The number of hydrogen-bond donors (Lipinski definition) is 1. The van der Waals surface area contributed by atoms with Gasteiger partial charge < -0.3 is 15.2 Å². The molecule has 66 valence electrons. The predicted octanol–water partition coefficient (Wildman–Crippen LogP) is 2.01. The SMILES string of the molecule is COCOc1cc(Br)ccc1N. The van der Waals surface area contributed by atoms with Gasteiger partial charge in [-0.1, -0.05) is 15.9 Å². The van der Waals surface area contributed by atoms with Gasteiger partial charge in [-0.2, -0.15) is 0 Å². The maximum atomic E-state index is 5.63. The Morgan fingerprint density at radius 1 is 1.50 bits per heavy atom. The Kier molecular flexibility index (Phi) is 3.37. The molecule has 0 bridgehead atoms. The van der Waals surface area contributed by atoms with E-state index in [2.05, 4.69) is 15.9 Å². The summed E-state index contributed by atoms with van der Waals surface area (Å²) in [5, 5.41) is 0. The number of methoxy groups -OCH3 is 1. The minimum absolute atomic E-state index is 0.209. The molecular weight excluding hydrogens is 222 g/mol. The van der Waals surface area contributed by atoms with E-state index < -0.39 is 0 Å². The van der Waals surface area contributed by atoms with Crippen molar-refractivity contribution < 1.29 is 9.47 Å². The van der Waals surface area contributed by atoms with E-state index >= 15 is 0 Å². The first-order chi connectivity index (χ1) is 5.74. The van der Waals surface area contributed by atoms with Crippen molar-refractivity contribution in [3.8, 4) is 5.75 Å². The van der Waals surface area contributed by atoms with E-state index in [1.165, 1.54) is 0 Å². The highest BCUT2D eigenvalue weighted by atomic mass is 79.9. The van der Waals surface area contributed by atoms with Crippen LogP contribution in [0.3, 0.4) is 0 Å². The topological polar surface area (TPSA) is 44.5 Å². The van der Waals surface area contributed by atoms with Crippen LogP contribution < -0.4 is 10.5 Å². The highest BCUT2D eigenvalue weighted by Gasteiger charge is 1.99. The molecule has 0 saturated heterocycles. The number of anilines is 1. The van der Waals surface area contributed by atoms with Gasteiger partial charge in [-0.15, -0.1) is 0 Å². The molecule has 12 heavy (non-hydrogen) atoms. The van der Waals surface area contributed by atoms with Crippen LogP contribution in [0.15, 0.2) is 22.7 Å². The molecule has 0 amide bonds. The molecule has 0 aliphatic heterocycles. The van der Waals surface area contributed by atoms with Crippen LogP contribution in [0.5, 0.6) is 5.75 Å². The highest BCUT2D eigenvalue weighted by molar-refractivity contribution is 9.10. The van der Waals surface area contributed by atoms with Gasteiger partial charge >= 0.3 is 0 Å². The van der Waals surface area contributed by atoms with Crippen molar-refractivity contribution in [2.24, 2.45) is 0 Å². The van der Waals surface area contributed by atoms with E-state index in [1.807, 2.05) is 6.07 Å². The summed E-state index contributed by atoms with van der Waals surface area (Å²) in [6, 6.07) is 5.43. The maximum Gasteiger partial charge on any atom is 0.188 e. The number of nitrogen functional groups attached to an aromatic ring is 1. The molecule has 0 spiro atoms. The van der Waals surface area contributed by atoms with E-state index in [0.29, 0.717) is 11.4 Å². The lowest BCUT2D eigenvalue weighted by atomic mass is 10.3. The van der Waals surface area contributed by atoms with Crippen molar-refractivity contribution in [3.05, 3.63) is 22.7 Å². The van der Waals surface area contributed by atoms with E-state index in [0.717, 1.165) is 4.47 Å². The smallest absolute Gasteiger partial charge is 0.188 e. The summed E-state index contributed by atoms with van der Waals surface area (Å²) < 4.78 is 10.9. The molecule has 2 N–H and O–H groups in total. The summed E-state index contributed by atoms with van der Waals surface area (Å²) in [7, 11) is 1.56. The van der Waals surface area contributed by atoms with E-state index in [9.17, 15) is 0 Å². The molecule has 0 aliphatic carbocycles. The van der Waals surface area contributed by atoms with Crippen molar-refractivity contribution in [3.63, 3.8) is 0 Å². The van der Waals surface area contributed by atoms with Crippen LogP contribution in [0.2, 0.25) is 0 Å². The summed E-state index contributed by atoms with van der Waals surface area (Å²) in [6.45, 7) is 0.209. The summed E-state index contributed by atoms with van der Waals surface area (Å²) in [5.74, 6) is 0.631. The molecule has 1 rings (SSSR count). The average molecular weight is 232 g/mol. The lowest BCUT2D eigenvalue weighted by Crippen LogP contribution is -2.01. The first-order valence-corrected chi connectivity index (χ1v) is 4.20. The number of benzene rings is 1. The van der Waals surface area contributed by atoms with Crippen LogP contribution in [0.25, 0.3) is 0 Å². The molecule has 3 nitrogen and oxygen atoms in total. The van der Waals surface area contributed by atoms with Gasteiger partial charge in [0.15, 0.2) is 6.79 Å². The fourth-order valence-electron chi connectivity index (χ4n) is 0.756. The minimum Gasteiger partial charge on any atom is -0.465 e. The van der Waals surface area contributed by atoms with Crippen LogP contribution in [0.1, 0.15) is 0 Å². The second kappa shape index (κ2) is 4.33. The lowest BCUT2D eigenvalue weighted by Gasteiger charge is -2.07. The van der Waals surface area contributed by atoms with E-state index in [4.69, 9.17) is 15.2 Å². The van der Waals surface area contributed by atoms with Crippen LogP contribution in [0.4, 0.5) is 5.69 Å². The fraction of sp³-hybridized carbons (Fsp3) is 0.250. The Hall–Kier alpha value is -0.740. The third-order valence-electron chi connectivity index (χ3n) is 1.31. The molecule has 0 atom stereocenters. The summed E-state index contributed by atoms with van der Waals surface area (Å²) >= 11 is 3.31. The van der Waals surface area contributed by atoms with Gasteiger partial charge in [0, 0.05) is 11.6 Å². The fourth-order valence-corrected chi connectivity index (χ4v) is 1.10. The van der Waals surface area contributed by atoms with Crippen LogP contribution in [-0.2, 0) is 4.74 Å². The first kappa shape index (κ1) is 9.35. The summed E-state index contributed by atoms with van der Waals surface area (Å²) in [6.07, 6.45) is 0. The Morgan fingerprint density at radius 2 is 2.25 bits per heavy atom. The van der Waals surface area contributed by atoms with Crippen molar-refractivity contribution in [2.45, 2.75) is 0 Å². The lowest BCUT2D eigenvalue weighted by molar-refractivity contribution is 0.0516. The van der Waals surface area contributed by atoms with Crippen LogP contribution in [0, 0.1) is 0 Å². The maximum absolute atomic E-state index is 5.63. The number of ether oxygens (including phenoxy) is 2. The number of hydrogen-bond acceptors (Lipinski definition) is 3. The number of halogens is 1. The van der Waals surface area contributed by atoms with Gasteiger partial charge in [-0.05, 0) is 18.2 Å². The van der Waals surface area contributed by atoms with Crippen LogP contribution >= 0.6 is 15.9 Å². The molecule has 4 heteroatoms. The van der Waals surface area contributed by atoms with E-state index in [1.54, 1.807) is 19.2 Å². The summed E-state index contributed by atoms with van der Waals surface area (Å²) in [5.41, 5.74) is 6.24. The van der Waals surface area contributed by atoms with Gasteiger partial charge in [-0.3, -0.25) is 0 Å². The molecular formula is C8H10BrNO2. The van der Waals surface area contributed by atoms with Gasteiger partial charge in [0.1, 0.15) is 5.75 Å². The molecule has 1 aromatic rings. The second-order valence-corrected chi connectivity index (χ2v) is 3.15. The molecule has 1 aromatic carbocycles. The number of rotatable bonds is 3. The second-order valence-electron chi connectivity index (χ2n) is 2.23. The Morgan fingerprint density at radius 3 is 2.92 bits per heavy atom. The minimum atomic E-state index is 0.209. The molecule has 0 radical (unpaired) electrons. The zero-order valence-electron chi connectivity index (χ0n) is 6.71. The van der Waals surface area contributed by atoms with Crippen molar-refractivity contribution in [1.29, 1.82) is 0 Å². The third kappa shape index (κ3) is 2.39. The van der Waals surface area contributed by atoms with E-state index in [-0.39, 0.29) is 6.79 Å². The standard InChI is InChI=1S/C8H10BrNO2/c1-11-5-12-8-4-6(9)2-3-7(8)10/h2-4H,5,10H2,1H3. The Balaban J connectivity index is 2.75. The number of nitrogens with two attached hydrogens (primary N) is 1. The zero-order valence-corrected chi connectivity index (χ0v) is 8.30. The quantitative estimate of drug-likeness (QED) is 0.640. The van der Waals surface area contributed by atoms with Crippen molar-refractivity contribution in [1.82, 2.24) is 0 Å². The largest absolute Gasteiger partial charge is 0.465 e. The first-order valence-electron chi connectivity index (χ1n) is 3.41. The molecule has 0 unspecified atom stereocenters. The molecule has 0 aliphatic rings. The Labute approximate surface area is 79.6 Å². The van der Waals surface area contributed by atoms with Gasteiger partial charge in [0.05, 0.1) is 5.69 Å². The average Bonchev–Trinajstić information content (AvgIpc) is 2.07. The van der Waals surface area contributed by atoms with Gasteiger partial charge in [0.2, 0.25) is 0 Å². The normalized spacial score (nSPS) is 9.83. The molecule has 0 saturated carbocycles.